The lowest BCUT2D eigenvalue weighted by Gasteiger charge is -2.17. The van der Waals surface area contributed by atoms with Gasteiger partial charge in [-0.2, -0.15) is 0 Å². The van der Waals surface area contributed by atoms with Crippen LogP contribution in [0.4, 0.5) is 5.69 Å². The minimum Gasteiger partial charge on any atom is -0.493 e. The standard InChI is InChI=1S/C19H14BrClN2O2S/c1-23(15-4-6-22-10-14(15)21)19(24)17-8-11-5-7-25-16-9-12(20)2-3-13(16)18(11)26-17/h2-4,6,8-10H,5,7H2,1H3. The van der Waals surface area contributed by atoms with Gasteiger partial charge in [0.1, 0.15) is 5.75 Å². The van der Waals surface area contributed by atoms with Crippen LogP contribution in [0.1, 0.15) is 15.2 Å². The molecule has 0 spiro atoms. The van der Waals surface area contributed by atoms with Crippen molar-refractivity contribution in [3.05, 3.63) is 62.7 Å². The second kappa shape index (κ2) is 7.02. The summed E-state index contributed by atoms with van der Waals surface area (Å²) >= 11 is 11.2. The second-order valence-electron chi connectivity index (χ2n) is 5.90. The number of anilines is 1. The molecule has 0 saturated carbocycles. The van der Waals surface area contributed by atoms with E-state index >= 15 is 0 Å². The summed E-state index contributed by atoms with van der Waals surface area (Å²) in [6.45, 7) is 0.590. The number of carbonyl (C=O) groups excluding carboxylic acids is 1. The van der Waals surface area contributed by atoms with Crippen LogP contribution in [0.15, 0.2) is 47.2 Å². The SMILES string of the molecule is CN(C(=O)c1cc2c(s1)-c1ccc(Br)cc1OCC2)c1ccncc1Cl. The number of carbonyl (C=O) groups is 1. The maximum atomic E-state index is 13.0. The van der Waals surface area contributed by atoms with Gasteiger partial charge in [-0.25, -0.2) is 0 Å². The Bertz CT molecular complexity index is 1000. The lowest BCUT2D eigenvalue weighted by Crippen LogP contribution is -2.25. The number of ether oxygens (including phenoxy) is 1. The molecule has 132 valence electrons. The quantitative estimate of drug-likeness (QED) is 0.523. The van der Waals surface area contributed by atoms with E-state index in [1.807, 2.05) is 24.3 Å². The first-order chi connectivity index (χ1) is 12.5. The summed E-state index contributed by atoms with van der Waals surface area (Å²) in [5.74, 6) is 0.750. The van der Waals surface area contributed by atoms with Crippen LogP contribution in [-0.4, -0.2) is 24.5 Å². The summed E-state index contributed by atoms with van der Waals surface area (Å²) in [4.78, 5) is 20.3. The van der Waals surface area contributed by atoms with Gasteiger partial charge < -0.3 is 9.64 Å². The number of nitrogens with zero attached hydrogens (tertiary/aromatic N) is 2. The molecule has 1 aromatic carbocycles. The molecule has 4 rings (SSSR count). The van der Waals surface area contributed by atoms with Crippen molar-refractivity contribution in [3.63, 3.8) is 0 Å². The largest absolute Gasteiger partial charge is 0.493 e. The number of benzene rings is 1. The van der Waals surface area contributed by atoms with E-state index in [2.05, 4.69) is 20.9 Å². The van der Waals surface area contributed by atoms with Gasteiger partial charge in [0.25, 0.3) is 5.91 Å². The maximum absolute atomic E-state index is 13.0. The molecule has 0 bridgehead atoms. The number of pyridine rings is 1. The average molecular weight is 450 g/mol. The number of rotatable bonds is 2. The predicted octanol–water partition coefficient (Wildman–Crippen LogP) is 5.44. The van der Waals surface area contributed by atoms with E-state index in [1.165, 1.54) is 17.5 Å². The molecule has 7 heteroatoms. The Morgan fingerprint density at radius 3 is 3.00 bits per heavy atom. The van der Waals surface area contributed by atoms with Crippen molar-refractivity contribution in [1.29, 1.82) is 0 Å². The van der Waals surface area contributed by atoms with E-state index in [0.717, 1.165) is 32.6 Å². The number of hydrogen-bond donors (Lipinski definition) is 0. The van der Waals surface area contributed by atoms with E-state index in [1.54, 1.807) is 24.2 Å². The Hall–Kier alpha value is -1.89. The smallest absolute Gasteiger partial charge is 0.268 e. The summed E-state index contributed by atoms with van der Waals surface area (Å²) in [6.07, 6.45) is 3.93. The van der Waals surface area contributed by atoms with Crippen molar-refractivity contribution < 1.29 is 9.53 Å². The van der Waals surface area contributed by atoms with Crippen LogP contribution in [0.5, 0.6) is 5.75 Å². The molecule has 0 fully saturated rings. The molecule has 26 heavy (non-hydrogen) atoms. The average Bonchev–Trinajstić information content (AvgIpc) is 2.98. The van der Waals surface area contributed by atoms with Crippen LogP contribution in [0.25, 0.3) is 10.4 Å². The van der Waals surface area contributed by atoms with Crippen molar-refractivity contribution in [2.45, 2.75) is 6.42 Å². The Balaban J connectivity index is 1.73. The molecule has 2 aromatic heterocycles. The third-order valence-electron chi connectivity index (χ3n) is 4.25. The number of amides is 1. The van der Waals surface area contributed by atoms with Crippen molar-refractivity contribution in [2.24, 2.45) is 0 Å². The molecule has 0 atom stereocenters. The number of aromatic nitrogens is 1. The van der Waals surface area contributed by atoms with Gasteiger partial charge in [0, 0.05) is 40.8 Å². The van der Waals surface area contributed by atoms with Crippen LogP contribution in [-0.2, 0) is 6.42 Å². The maximum Gasteiger partial charge on any atom is 0.268 e. The normalized spacial score (nSPS) is 12.6. The Morgan fingerprint density at radius 1 is 1.35 bits per heavy atom. The van der Waals surface area contributed by atoms with Gasteiger partial charge in [-0.15, -0.1) is 11.3 Å². The molecule has 0 saturated heterocycles. The highest BCUT2D eigenvalue weighted by Crippen LogP contribution is 2.42. The van der Waals surface area contributed by atoms with Gasteiger partial charge in [-0.05, 0) is 35.9 Å². The molecule has 3 aromatic rings. The van der Waals surface area contributed by atoms with E-state index in [0.29, 0.717) is 22.2 Å². The zero-order valence-corrected chi connectivity index (χ0v) is 17.0. The van der Waals surface area contributed by atoms with Crippen LogP contribution in [0, 0.1) is 0 Å². The fourth-order valence-electron chi connectivity index (χ4n) is 2.94. The number of hydrogen-bond acceptors (Lipinski definition) is 4. The van der Waals surface area contributed by atoms with E-state index < -0.39 is 0 Å². The van der Waals surface area contributed by atoms with E-state index in [9.17, 15) is 4.79 Å². The highest BCUT2D eigenvalue weighted by molar-refractivity contribution is 9.10. The third-order valence-corrected chi connectivity index (χ3v) is 6.24. The number of halogens is 2. The topological polar surface area (TPSA) is 42.4 Å². The lowest BCUT2D eigenvalue weighted by molar-refractivity contribution is 0.0996. The Morgan fingerprint density at radius 2 is 2.19 bits per heavy atom. The second-order valence-corrected chi connectivity index (χ2v) is 8.27. The van der Waals surface area contributed by atoms with Crippen LogP contribution in [0.3, 0.4) is 0 Å². The molecule has 0 radical (unpaired) electrons. The van der Waals surface area contributed by atoms with Gasteiger partial charge in [-0.3, -0.25) is 9.78 Å². The van der Waals surface area contributed by atoms with Crippen molar-refractivity contribution in [1.82, 2.24) is 4.98 Å². The van der Waals surface area contributed by atoms with Gasteiger partial charge in [0.05, 0.1) is 22.2 Å². The zero-order chi connectivity index (χ0) is 18.3. The summed E-state index contributed by atoms with van der Waals surface area (Å²) in [5, 5.41) is 0.449. The minimum absolute atomic E-state index is 0.0873. The first-order valence-electron chi connectivity index (χ1n) is 7.97. The van der Waals surface area contributed by atoms with Crippen LogP contribution < -0.4 is 9.64 Å². The van der Waals surface area contributed by atoms with Gasteiger partial charge in [0.15, 0.2) is 0 Å². The molecule has 4 nitrogen and oxygen atoms in total. The summed E-state index contributed by atoms with van der Waals surface area (Å²) in [6, 6.07) is 9.68. The first kappa shape index (κ1) is 17.5. The van der Waals surface area contributed by atoms with Gasteiger partial charge in [0.2, 0.25) is 0 Å². The summed E-state index contributed by atoms with van der Waals surface area (Å²) in [5.41, 5.74) is 2.80. The molecule has 1 amide bonds. The molecule has 1 aliphatic rings. The fraction of sp³-hybridized carbons (Fsp3) is 0.158. The monoisotopic (exact) mass is 448 g/mol. The Labute approximate surface area is 168 Å². The summed E-state index contributed by atoms with van der Waals surface area (Å²) < 4.78 is 6.83. The number of thiophene rings is 1. The van der Waals surface area contributed by atoms with Crippen molar-refractivity contribution >= 4 is 50.5 Å². The lowest BCUT2D eigenvalue weighted by atomic mass is 10.1. The zero-order valence-electron chi connectivity index (χ0n) is 13.8. The van der Waals surface area contributed by atoms with Gasteiger partial charge >= 0.3 is 0 Å². The minimum atomic E-state index is -0.0873. The Kier molecular flexibility index (Phi) is 4.73. The fourth-order valence-corrected chi connectivity index (χ4v) is 4.74. The number of fused-ring (bicyclic) bond motifs is 3. The molecule has 0 unspecified atom stereocenters. The molecular weight excluding hydrogens is 436 g/mol. The molecule has 0 N–H and O–H groups in total. The van der Waals surface area contributed by atoms with Crippen LogP contribution >= 0.6 is 38.9 Å². The third kappa shape index (κ3) is 3.13. The summed E-state index contributed by atoms with van der Waals surface area (Å²) in [7, 11) is 1.72. The van der Waals surface area contributed by atoms with Crippen molar-refractivity contribution in [3.8, 4) is 16.2 Å². The van der Waals surface area contributed by atoms with E-state index in [-0.39, 0.29) is 5.91 Å². The van der Waals surface area contributed by atoms with Crippen LogP contribution in [0.2, 0.25) is 5.02 Å². The van der Waals surface area contributed by atoms with E-state index in [4.69, 9.17) is 16.3 Å². The first-order valence-corrected chi connectivity index (χ1v) is 9.96. The highest BCUT2D eigenvalue weighted by Gasteiger charge is 2.24. The highest BCUT2D eigenvalue weighted by atomic mass is 79.9. The predicted molar refractivity (Wildman–Crippen MR) is 109 cm³/mol. The molecule has 1 aliphatic heterocycles. The molecular formula is C19H14BrClN2O2S. The molecule has 3 heterocycles. The molecule has 0 aliphatic carbocycles. The van der Waals surface area contributed by atoms with Gasteiger partial charge in [-0.1, -0.05) is 27.5 Å². The van der Waals surface area contributed by atoms with Crippen molar-refractivity contribution in [2.75, 3.05) is 18.6 Å².